The minimum Gasteiger partial charge on any atom is -0.398 e. The van der Waals surface area contributed by atoms with Crippen LogP contribution in [0.4, 0.5) is 5.69 Å². The molecule has 2 heteroatoms. The Kier molecular flexibility index (Phi) is 1.87. The number of halogens is 1. The molecule has 0 fully saturated rings. The van der Waals surface area contributed by atoms with E-state index in [1.807, 2.05) is 0 Å². The van der Waals surface area contributed by atoms with E-state index in [1.165, 1.54) is 36.0 Å². The lowest BCUT2D eigenvalue weighted by atomic mass is 10.1. The van der Waals surface area contributed by atoms with Crippen molar-refractivity contribution in [2.24, 2.45) is 0 Å². The lowest BCUT2D eigenvalue weighted by Crippen LogP contribution is -1.95. The molecule has 0 atom stereocenters. The summed E-state index contributed by atoms with van der Waals surface area (Å²) < 4.78 is 1.13. The van der Waals surface area contributed by atoms with Gasteiger partial charge in [0, 0.05) is 10.2 Å². The molecule has 1 aliphatic carbocycles. The smallest absolute Gasteiger partial charge is 0.0491 e. The summed E-state index contributed by atoms with van der Waals surface area (Å²) in [4.78, 5) is 0. The number of aryl methyl sites for hydroxylation is 2. The fourth-order valence-corrected chi connectivity index (χ4v) is 2.62. The molecule has 0 saturated carbocycles. The molecule has 1 aromatic rings. The average molecular weight is 226 g/mol. The standard InChI is InChI=1S/C10H12BrN/c1-6-5-7-3-2-4-8(7)9(11)10(6)12/h5H,2-4,12H2,1H3. The van der Waals surface area contributed by atoms with Crippen molar-refractivity contribution in [1.29, 1.82) is 0 Å². The maximum Gasteiger partial charge on any atom is 0.0491 e. The van der Waals surface area contributed by atoms with Gasteiger partial charge in [-0.2, -0.15) is 0 Å². The predicted molar refractivity (Wildman–Crippen MR) is 55.3 cm³/mol. The van der Waals surface area contributed by atoms with E-state index in [-0.39, 0.29) is 0 Å². The summed E-state index contributed by atoms with van der Waals surface area (Å²) >= 11 is 3.56. The van der Waals surface area contributed by atoms with E-state index in [2.05, 4.69) is 28.9 Å². The fourth-order valence-electron chi connectivity index (χ4n) is 1.85. The third-order valence-corrected chi connectivity index (χ3v) is 3.48. The van der Waals surface area contributed by atoms with Gasteiger partial charge in [0.15, 0.2) is 0 Å². The molecule has 0 amide bonds. The van der Waals surface area contributed by atoms with Crippen LogP contribution in [0, 0.1) is 6.92 Å². The molecule has 0 bridgehead atoms. The Morgan fingerprint density at radius 3 is 2.92 bits per heavy atom. The van der Waals surface area contributed by atoms with Crippen LogP contribution < -0.4 is 5.73 Å². The predicted octanol–water partition coefficient (Wildman–Crippen LogP) is 2.83. The Morgan fingerprint density at radius 1 is 1.42 bits per heavy atom. The Bertz CT molecular complexity index is 331. The third kappa shape index (κ3) is 1.06. The van der Waals surface area contributed by atoms with Crippen molar-refractivity contribution >= 4 is 21.6 Å². The van der Waals surface area contributed by atoms with E-state index >= 15 is 0 Å². The maximum atomic E-state index is 5.91. The molecule has 12 heavy (non-hydrogen) atoms. The van der Waals surface area contributed by atoms with Crippen LogP contribution in [0.5, 0.6) is 0 Å². The number of fused-ring (bicyclic) bond motifs is 1. The van der Waals surface area contributed by atoms with E-state index in [1.54, 1.807) is 0 Å². The van der Waals surface area contributed by atoms with Crippen LogP contribution in [0.1, 0.15) is 23.1 Å². The largest absolute Gasteiger partial charge is 0.398 e. The van der Waals surface area contributed by atoms with Crippen LogP contribution in [-0.2, 0) is 12.8 Å². The lowest BCUT2D eigenvalue weighted by molar-refractivity contribution is 0.910. The van der Waals surface area contributed by atoms with Gasteiger partial charge >= 0.3 is 0 Å². The van der Waals surface area contributed by atoms with Crippen LogP contribution >= 0.6 is 15.9 Å². The SMILES string of the molecule is Cc1cc2c(c(Br)c1N)CCC2. The Balaban J connectivity index is 2.67. The molecule has 0 heterocycles. The summed E-state index contributed by atoms with van der Waals surface area (Å²) in [5, 5.41) is 0. The highest BCUT2D eigenvalue weighted by atomic mass is 79.9. The van der Waals surface area contributed by atoms with E-state index in [4.69, 9.17) is 5.73 Å². The molecule has 2 N–H and O–H groups in total. The molecule has 0 saturated heterocycles. The maximum absolute atomic E-state index is 5.91. The number of anilines is 1. The van der Waals surface area contributed by atoms with Crippen LogP contribution in [0.3, 0.4) is 0 Å². The topological polar surface area (TPSA) is 26.0 Å². The first-order valence-corrected chi connectivity index (χ1v) is 5.06. The molecule has 0 radical (unpaired) electrons. The van der Waals surface area contributed by atoms with Crippen LogP contribution in [0.15, 0.2) is 10.5 Å². The monoisotopic (exact) mass is 225 g/mol. The van der Waals surface area contributed by atoms with Gasteiger partial charge in [-0.15, -0.1) is 0 Å². The summed E-state index contributed by atoms with van der Waals surface area (Å²) in [5.74, 6) is 0. The first-order chi connectivity index (χ1) is 5.70. The summed E-state index contributed by atoms with van der Waals surface area (Å²) in [6.45, 7) is 2.07. The second kappa shape index (κ2) is 2.77. The second-order valence-electron chi connectivity index (χ2n) is 3.41. The quantitative estimate of drug-likeness (QED) is 0.676. The molecule has 0 aromatic heterocycles. The van der Waals surface area contributed by atoms with Gasteiger partial charge in [-0.05, 0) is 58.8 Å². The van der Waals surface area contributed by atoms with Gasteiger partial charge in [0.1, 0.15) is 0 Å². The van der Waals surface area contributed by atoms with Gasteiger partial charge in [0.25, 0.3) is 0 Å². The number of rotatable bonds is 0. The molecular formula is C10H12BrN. The number of nitrogens with two attached hydrogens (primary N) is 1. The molecule has 64 valence electrons. The molecule has 1 aliphatic rings. The van der Waals surface area contributed by atoms with Crippen molar-refractivity contribution in [1.82, 2.24) is 0 Å². The lowest BCUT2D eigenvalue weighted by Gasteiger charge is -2.08. The van der Waals surface area contributed by atoms with Crippen LogP contribution in [-0.4, -0.2) is 0 Å². The number of benzene rings is 1. The van der Waals surface area contributed by atoms with Crippen LogP contribution in [0.25, 0.3) is 0 Å². The Labute approximate surface area is 81.1 Å². The average Bonchev–Trinajstić information content (AvgIpc) is 2.48. The van der Waals surface area contributed by atoms with Gasteiger partial charge in [-0.1, -0.05) is 6.07 Å². The normalized spacial score (nSPS) is 14.8. The van der Waals surface area contributed by atoms with Gasteiger partial charge in [0.2, 0.25) is 0 Å². The first kappa shape index (κ1) is 8.11. The van der Waals surface area contributed by atoms with Crippen molar-refractivity contribution in [3.63, 3.8) is 0 Å². The minimum atomic E-state index is 0.913. The summed E-state index contributed by atoms with van der Waals surface area (Å²) in [5.41, 5.74) is 10.9. The second-order valence-corrected chi connectivity index (χ2v) is 4.21. The summed E-state index contributed by atoms with van der Waals surface area (Å²) in [6.07, 6.45) is 3.67. The van der Waals surface area contributed by atoms with E-state index in [0.717, 1.165) is 10.2 Å². The zero-order valence-corrected chi connectivity index (χ0v) is 8.74. The minimum absolute atomic E-state index is 0.913. The summed E-state index contributed by atoms with van der Waals surface area (Å²) in [6, 6.07) is 2.22. The number of hydrogen-bond donors (Lipinski definition) is 1. The highest BCUT2D eigenvalue weighted by Gasteiger charge is 2.16. The molecular weight excluding hydrogens is 214 g/mol. The Morgan fingerprint density at radius 2 is 2.17 bits per heavy atom. The molecule has 0 aliphatic heterocycles. The number of hydrogen-bond acceptors (Lipinski definition) is 1. The molecule has 0 unspecified atom stereocenters. The summed E-state index contributed by atoms with van der Waals surface area (Å²) in [7, 11) is 0. The van der Waals surface area contributed by atoms with E-state index in [9.17, 15) is 0 Å². The van der Waals surface area contributed by atoms with E-state index in [0.29, 0.717) is 0 Å². The van der Waals surface area contributed by atoms with Gasteiger partial charge in [-0.25, -0.2) is 0 Å². The van der Waals surface area contributed by atoms with E-state index < -0.39 is 0 Å². The fraction of sp³-hybridized carbons (Fsp3) is 0.400. The van der Waals surface area contributed by atoms with Crippen molar-refractivity contribution in [2.75, 3.05) is 5.73 Å². The van der Waals surface area contributed by atoms with Crippen LogP contribution in [0.2, 0.25) is 0 Å². The molecule has 0 spiro atoms. The zero-order chi connectivity index (χ0) is 8.72. The van der Waals surface area contributed by atoms with Gasteiger partial charge in [-0.3, -0.25) is 0 Å². The van der Waals surface area contributed by atoms with Gasteiger partial charge in [0.05, 0.1) is 0 Å². The number of nitrogen functional groups attached to an aromatic ring is 1. The molecule has 1 aromatic carbocycles. The first-order valence-electron chi connectivity index (χ1n) is 4.26. The van der Waals surface area contributed by atoms with Crippen molar-refractivity contribution in [2.45, 2.75) is 26.2 Å². The van der Waals surface area contributed by atoms with Crippen molar-refractivity contribution in [3.05, 3.63) is 27.2 Å². The zero-order valence-electron chi connectivity index (χ0n) is 7.15. The van der Waals surface area contributed by atoms with Gasteiger partial charge < -0.3 is 5.73 Å². The molecule has 2 rings (SSSR count). The van der Waals surface area contributed by atoms with Crippen molar-refractivity contribution < 1.29 is 0 Å². The third-order valence-electron chi connectivity index (χ3n) is 2.58. The van der Waals surface area contributed by atoms with Crippen molar-refractivity contribution in [3.8, 4) is 0 Å². The molecule has 1 nitrogen and oxygen atoms in total. The highest BCUT2D eigenvalue weighted by Crippen LogP contribution is 2.35. The highest BCUT2D eigenvalue weighted by molar-refractivity contribution is 9.10. The Hall–Kier alpha value is -0.500.